The van der Waals surface area contributed by atoms with Crippen molar-refractivity contribution < 1.29 is 7.80 Å². The topological polar surface area (TPSA) is 105 Å². The number of nitriles is 1. The van der Waals surface area contributed by atoms with Crippen molar-refractivity contribution in [3.8, 4) is 17.6 Å². The Morgan fingerprint density at radius 3 is 2.94 bits per heavy atom. The molecular weight excluding hydrogens is 509 g/mol. The Morgan fingerprint density at radius 2 is 2.23 bits per heavy atom. The molecule has 5 rings (SSSR count). The van der Waals surface area contributed by atoms with E-state index in [1.165, 1.54) is 0 Å². The molecule has 0 saturated carbocycles. The molecule has 0 unspecified atom stereocenters. The average Bonchev–Trinajstić information content (AvgIpc) is 3.45. The van der Waals surface area contributed by atoms with Gasteiger partial charge in [-0.15, -0.1) is 0 Å². The molecule has 1 N–H and O–H groups in total. The van der Waals surface area contributed by atoms with Crippen molar-refractivity contribution in [3.63, 3.8) is 0 Å². The number of aromatic nitrogens is 5. The summed E-state index contributed by atoms with van der Waals surface area (Å²) in [5, 5.41) is 22.0. The summed E-state index contributed by atoms with van der Waals surface area (Å²) in [6, 6.07) is 6.67. The number of morpholine rings is 1. The van der Waals surface area contributed by atoms with Crippen LogP contribution in [0.15, 0.2) is 24.5 Å². The quantitative estimate of drug-likeness (QED) is 0.403. The van der Waals surface area contributed by atoms with Crippen molar-refractivity contribution in [1.29, 1.82) is 5.26 Å². The SMILES string of the molecule is C[C@@H]1COCCN1c1cc(OI2CCC(C)(C#N)CC2)c2cnn(-c3ccn[nH]3)c2n1. The number of nitrogens with zero attached hydrogens (tertiary/aromatic N) is 6. The molecule has 164 valence electrons. The van der Waals surface area contributed by atoms with E-state index in [-0.39, 0.29) is 11.5 Å². The van der Waals surface area contributed by atoms with Crippen LogP contribution in [0.5, 0.6) is 5.75 Å². The summed E-state index contributed by atoms with van der Waals surface area (Å²) in [6.07, 6.45) is 5.37. The Morgan fingerprint density at radius 1 is 1.39 bits per heavy atom. The summed E-state index contributed by atoms with van der Waals surface area (Å²) >= 11 is -1.66. The van der Waals surface area contributed by atoms with Crippen molar-refractivity contribution in [3.05, 3.63) is 24.5 Å². The number of H-pyrrole nitrogens is 1. The Hall–Kier alpha value is -2.39. The number of hydrogen-bond acceptors (Lipinski definition) is 7. The van der Waals surface area contributed by atoms with Crippen LogP contribution in [0, 0.1) is 16.7 Å². The Balaban J connectivity index is 1.52. The van der Waals surface area contributed by atoms with Gasteiger partial charge in [-0.1, -0.05) is 0 Å². The summed E-state index contributed by atoms with van der Waals surface area (Å²) in [5.74, 6) is 2.51. The number of aromatic amines is 1. The molecule has 2 saturated heterocycles. The molecular formula is C21H26IN7O2. The first-order chi connectivity index (χ1) is 15.1. The van der Waals surface area contributed by atoms with Crippen LogP contribution < -0.4 is 7.97 Å². The number of pyridine rings is 1. The average molecular weight is 535 g/mol. The molecule has 9 nitrogen and oxygen atoms in total. The number of rotatable bonds is 4. The molecule has 2 aliphatic rings. The first kappa shape index (κ1) is 20.5. The van der Waals surface area contributed by atoms with Gasteiger partial charge >= 0.3 is 189 Å². The van der Waals surface area contributed by atoms with Gasteiger partial charge < -0.3 is 0 Å². The van der Waals surface area contributed by atoms with Crippen LogP contribution in [-0.2, 0) is 4.74 Å². The molecule has 0 aliphatic carbocycles. The van der Waals surface area contributed by atoms with Crippen molar-refractivity contribution in [1.82, 2.24) is 25.0 Å². The molecule has 2 fully saturated rings. The predicted molar refractivity (Wildman–Crippen MR) is 126 cm³/mol. The van der Waals surface area contributed by atoms with Gasteiger partial charge in [0.1, 0.15) is 0 Å². The third-order valence-electron chi connectivity index (χ3n) is 6.04. The van der Waals surface area contributed by atoms with Crippen molar-refractivity contribution >= 4 is 37.1 Å². The van der Waals surface area contributed by atoms with Gasteiger partial charge in [-0.05, 0) is 0 Å². The molecule has 0 bridgehead atoms. The van der Waals surface area contributed by atoms with E-state index in [4.69, 9.17) is 12.8 Å². The molecule has 3 aromatic rings. The normalized spacial score (nSPS) is 22.4. The van der Waals surface area contributed by atoms with Crippen molar-refractivity contribution in [2.24, 2.45) is 5.41 Å². The van der Waals surface area contributed by atoms with Crippen molar-refractivity contribution in [2.75, 3.05) is 33.5 Å². The van der Waals surface area contributed by atoms with Crippen LogP contribution in [-0.4, -0.2) is 59.6 Å². The first-order valence-electron chi connectivity index (χ1n) is 10.5. The molecule has 0 spiro atoms. The second-order valence-corrected chi connectivity index (χ2v) is 13.3. The van der Waals surface area contributed by atoms with E-state index >= 15 is 0 Å². The number of alkyl halides is 2. The zero-order valence-corrected chi connectivity index (χ0v) is 19.9. The van der Waals surface area contributed by atoms with Gasteiger partial charge in [0, 0.05) is 0 Å². The third kappa shape index (κ3) is 3.96. The molecule has 1 atom stereocenters. The number of fused-ring (bicyclic) bond motifs is 1. The molecule has 31 heavy (non-hydrogen) atoms. The molecule has 2 aliphatic heterocycles. The maximum atomic E-state index is 9.45. The van der Waals surface area contributed by atoms with Gasteiger partial charge in [0.25, 0.3) is 0 Å². The fourth-order valence-electron chi connectivity index (χ4n) is 3.93. The van der Waals surface area contributed by atoms with Crippen molar-refractivity contribution in [2.45, 2.75) is 32.7 Å². The second-order valence-electron chi connectivity index (χ2n) is 8.37. The van der Waals surface area contributed by atoms with E-state index in [1.807, 2.05) is 12.3 Å². The molecule has 5 heterocycles. The Labute approximate surface area is 188 Å². The summed E-state index contributed by atoms with van der Waals surface area (Å²) in [5.41, 5.74) is 0.551. The minimum atomic E-state index is -1.66. The maximum absolute atomic E-state index is 9.45. The first-order valence-corrected chi connectivity index (χ1v) is 14.4. The van der Waals surface area contributed by atoms with Crippen LogP contribution in [0.2, 0.25) is 0 Å². The van der Waals surface area contributed by atoms with Crippen LogP contribution in [0.3, 0.4) is 0 Å². The van der Waals surface area contributed by atoms with Crippen LogP contribution >= 0.6 is 20.2 Å². The van der Waals surface area contributed by atoms with Gasteiger partial charge in [0.05, 0.1) is 0 Å². The number of hydrogen-bond donors (Lipinski definition) is 1. The zero-order chi connectivity index (χ0) is 21.4. The zero-order valence-electron chi connectivity index (χ0n) is 17.7. The van der Waals surface area contributed by atoms with Gasteiger partial charge in [-0.3, -0.25) is 0 Å². The molecule has 3 aromatic heterocycles. The van der Waals surface area contributed by atoms with E-state index in [1.54, 1.807) is 10.9 Å². The number of ether oxygens (including phenoxy) is 1. The van der Waals surface area contributed by atoms with E-state index in [2.05, 4.69) is 46.2 Å². The summed E-state index contributed by atoms with van der Waals surface area (Å²) in [4.78, 5) is 7.25. The van der Waals surface area contributed by atoms with Gasteiger partial charge in [0.2, 0.25) is 0 Å². The fourth-order valence-corrected chi connectivity index (χ4v) is 9.53. The number of anilines is 1. The molecule has 0 aromatic carbocycles. The Bertz CT molecular complexity index is 1100. The molecule has 10 heteroatoms. The monoisotopic (exact) mass is 535 g/mol. The fraction of sp³-hybridized carbons (Fsp3) is 0.524. The van der Waals surface area contributed by atoms with E-state index in [9.17, 15) is 5.26 Å². The van der Waals surface area contributed by atoms with Gasteiger partial charge in [-0.25, -0.2) is 0 Å². The molecule has 0 amide bonds. The second kappa shape index (κ2) is 8.27. The summed E-state index contributed by atoms with van der Waals surface area (Å²) in [7, 11) is 0. The van der Waals surface area contributed by atoms with Crippen LogP contribution in [0.4, 0.5) is 5.82 Å². The number of nitrogens with one attached hydrogen (secondary N) is 1. The van der Waals surface area contributed by atoms with Gasteiger partial charge in [0.15, 0.2) is 0 Å². The standard InChI is InChI=1S/C21H26IN7O2/c1-15-13-30-10-9-28(15)19-11-17(31-22-6-4-21(2,14-23)5-7-22)16-12-25-29(20(16)26-19)18-3-8-24-27-18/h3,8,11-12,15H,4-7,9-10,13H2,1-2H3,(H,24,27)/t15-/m1/s1. The third-order valence-corrected chi connectivity index (χ3v) is 10.6. The number of halogens is 1. The van der Waals surface area contributed by atoms with Crippen LogP contribution in [0.1, 0.15) is 26.7 Å². The van der Waals surface area contributed by atoms with Crippen LogP contribution in [0.25, 0.3) is 16.9 Å². The Kier molecular flexibility index (Phi) is 5.47. The van der Waals surface area contributed by atoms with E-state index in [0.717, 1.165) is 56.7 Å². The predicted octanol–water partition coefficient (Wildman–Crippen LogP) is 3.49. The summed E-state index contributed by atoms with van der Waals surface area (Å²) < 4.78 is 16.1. The van der Waals surface area contributed by atoms with E-state index in [0.29, 0.717) is 13.2 Å². The summed E-state index contributed by atoms with van der Waals surface area (Å²) in [6.45, 7) is 6.38. The minimum absolute atomic E-state index is 0.204. The molecule has 0 radical (unpaired) electrons. The van der Waals surface area contributed by atoms with E-state index < -0.39 is 20.2 Å². The van der Waals surface area contributed by atoms with Gasteiger partial charge in [-0.2, -0.15) is 0 Å².